The maximum Gasteiger partial charge on any atom is 0.326 e. The average molecular weight is 346 g/mol. The highest BCUT2D eigenvalue weighted by atomic mass is 35.5. The van der Waals surface area contributed by atoms with Crippen LogP contribution in [0.15, 0.2) is 24.3 Å². The van der Waals surface area contributed by atoms with Crippen molar-refractivity contribution in [3.05, 3.63) is 40.5 Å². The normalized spacial score (nSPS) is 17.8. The van der Waals surface area contributed by atoms with E-state index in [0.717, 1.165) is 29.7 Å². The van der Waals surface area contributed by atoms with E-state index in [9.17, 15) is 9.90 Å². The van der Waals surface area contributed by atoms with E-state index >= 15 is 0 Å². The third kappa shape index (κ3) is 3.22. The number of nitrogens with zero attached hydrogens (tertiary/aromatic N) is 3. The lowest BCUT2D eigenvalue weighted by molar-refractivity contribution is -0.139. The van der Waals surface area contributed by atoms with Crippen LogP contribution >= 0.6 is 11.6 Å². The number of piperidine rings is 1. The zero-order chi connectivity index (χ0) is 17.3. The molecule has 1 unspecified atom stereocenters. The van der Waals surface area contributed by atoms with Crippen molar-refractivity contribution < 1.29 is 9.90 Å². The topological polar surface area (TPSA) is 66.3 Å². The molecule has 1 aromatic carbocycles. The molecule has 0 saturated carbocycles. The maximum absolute atomic E-state index is 11.6. The summed E-state index contributed by atoms with van der Waals surface area (Å²) in [5.41, 5.74) is 2.61. The molecule has 1 atom stereocenters. The van der Waals surface area contributed by atoms with Crippen molar-refractivity contribution in [2.75, 3.05) is 11.4 Å². The summed E-state index contributed by atoms with van der Waals surface area (Å²) in [4.78, 5) is 22.8. The minimum atomic E-state index is -0.797. The van der Waals surface area contributed by atoms with Crippen molar-refractivity contribution in [3.63, 3.8) is 0 Å². The predicted octanol–water partition coefficient (Wildman–Crippen LogP) is 3.86. The van der Waals surface area contributed by atoms with Crippen LogP contribution in [0, 0.1) is 13.8 Å². The molecule has 2 aromatic rings. The first-order chi connectivity index (χ1) is 11.5. The van der Waals surface area contributed by atoms with Gasteiger partial charge in [0.1, 0.15) is 11.9 Å². The summed E-state index contributed by atoms with van der Waals surface area (Å²) in [6, 6.07) is 6.86. The van der Waals surface area contributed by atoms with Gasteiger partial charge in [-0.25, -0.2) is 14.8 Å². The lowest BCUT2D eigenvalue weighted by Crippen LogP contribution is -2.45. The van der Waals surface area contributed by atoms with Crippen LogP contribution in [0.2, 0.25) is 5.02 Å². The summed E-state index contributed by atoms with van der Waals surface area (Å²) in [5, 5.41) is 10.2. The van der Waals surface area contributed by atoms with Crippen molar-refractivity contribution in [2.45, 2.75) is 39.2 Å². The van der Waals surface area contributed by atoms with E-state index in [1.165, 1.54) is 0 Å². The van der Waals surface area contributed by atoms with Crippen LogP contribution < -0.4 is 4.90 Å². The number of carboxylic acid groups (broad SMARTS) is 1. The number of benzene rings is 1. The average Bonchev–Trinajstić information content (AvgIpc) is 2.57. The molecule has 1 N–H and O–H groups in total. The Labute approximate surface area is 146 Å². The van der Waals surface area contributed by atoms with Gasteiger partial charge in [-0.2, -0.15) is 0 Å². The molecule has 0 spiro atoms. The molecule has 5 nitrogen and oxygen atoms in total. The van der Waals surface area contributed by atoms with Crippen LogP contribution in [0.5, 0.6) is 0 Å². The Bertz CT molecular complexity index is 779. The summed E-state index contributed by atoms with van der Waals surface area (Å²) < 4.78 is 0. The Morgan fingerprint density at radius 3 is 2.79 bits per heavy atom. The van der Waals surface area contributed by atoms with Crippen LogP contribution in [0.1, 0.15) is 30.5 Å². The first kappa shape index (κ1) is 16.7. The van der Waals surface area contributed by atoms with Crippen LogP contribution in [0.25, 0.3) is 11.4 Å². The van der Waals surface area contributed by atoms with Gasteiger partial charge in [0.25, 0.3) is 0 Å². The van der Waals surface area contributed by atoms with E-state index in [1.807, 2.05) is 36.9 Å². The molecule has 6 heteroatoms. The Morgan fingerprint density at radius 1 is 1.29 bits per heavy atom. The first-order valence-corrected chi connectivity index (χ1v) is 8.46. The number of anilines is 1. The van der Waals surface area contributed by atoms with Gasteiger partial charge in [-0.15, -0.1) is 0 Å². The lowest BCUT2D eigenvalue weighted by atomic mass is 10.0. The molecule has 1 saturated heterocycles. The standard InChI is InChI=1S/C18H20ClN3O2/c1-11-12(2)20-16(13-6-5-7-14(19)10-13)21-17(11)22-9-4-3-8-15(22)18(23)24/h5-7,10,15H,3-4,8-9H2,1-2H3,(H,23,24). The van der Waals surface area contributed by atoms with E-state index in [1.54, 1.807) is 6.07 Å². The second-order valence-corrected chi connectivity index (χ2v) is 6.57. The molecular weight excluding hydrogens is 326 g/mol. The molecule has 126 valence electrons. The number of aryl methyl sites for hydroxylation is 1. The van der Waals surface area contributed by atoms with E-state index in [0.29, 0.717) is 29.6 Å². The van der Waals surface area contributed by atoms with Crippen LogP contribution in [0.4, 0.5) is 5.82 Å². The van der Waals surface area contributed by atoms with Crippen LogP contribution in [-0.2, 0) is 4.79 Å². The number of aliphatic carboxylic acids is 1. The Kier molecular flexibility index (Phi) is 4.71. The van der Waals surface area contributed by atoms with Gasteiger partial charge in [-0.3, -0.25) is 0 Å². The molecule has 1 aliphatic heterocycles. The van der Waals surface area contributed by atoms with E-state index in [-0.39, 0.29) is 0 Å². The number of rotatable bonds is 3. The van der Waals surface area contributed by atoms with Gasteiger partial charge in [0, 0.05) is 28.4 Å². The largest absolute Gasteiger partial charge is 0.480 e. The third-order valence-electron chi connectivity index (χ3n) is 4.51. The van der Waals surface area contributed by atoms with Gasteiger partial charge in [-0.05, 0) is 45.2 Å². The van der Waals surface area contributed by atoms with Gasteiger partial charge < -0.3 is 10.0 Å². The fraction of sp³-hybridized carbons (Fsp3) is 0.389. The molecule has 24 heavy (non-hydrogen) atoms. The van der Waals surface area contributed by atoms with Crippen molar-refractivity contribution in [2.24, 2.45) is 0 Å². The van der Waals surface area contributed by atoms with Gasteiger partial charge >= 0.3 is 5.97 Å². The molecule has 1 fully saturated rings. The summed E-state index contributed by atoms with van der Waals surface area (Å²) in [6.07, 6.45) is 2.54. The first-order valence-electron chi connectivity index (χ1n) is 8.08. The summed E-state index contributed by atoms with van der Waals surface area (Å²) in [6.45, 7) is 4.57. The molecule has 0 aliphatic carbocycles. The SMILES string of the molecule is Cc1nc(-c2cccc(Cl)c2)nc(N2CCCCC2C(=O)O)c1C. The number of carbonyl (C=O) groups is 1. The molecule has 2 heterocycles. The zero-order valence-electron chi connectivity index (χ0n) is 13.8. The third-order valence-corrected chi connectivity index (χ3v) is 4.74. The number of halogens is 1. The quantitative estimate of drug-likeness (QED) is 0.915. The van der Waals surface area contributed by atoms with Gasteiger partial charge in [0.05, 0.1) is 0 Å². The number of hydrogen-bond acceptors (Lipinski definition) is 4. The fourth-order valence-electron chi connectivity index (χ4n) is 3.09. The highest BCUT2D eigenvalue weighted by molar-refractivity contribution is 6.30. The van der Waals surface area contributed by atoms with Crippen LogP contribution in [0.3, 0.4) is 0 Å². The molecule has 0 amide bonds. The maximum atomic E-state index is 11.6. The molecule has 0 radical (unpaired) electrons. The van der Waals surface area contributed by atoms with Crippen molar-refractivity contribution in [3.8, 4) is 11.4 Å². The van der Waals surface area contributed by atoms with Gasteiger partial charge in [-0.1, -0.05) is 23.7 Å². The molecule has 1 aliphatic rings. The highest BCUT2D eigenvalue weighted by Crippen LogP contribution is 2.30. The Hall–Kier alpha value is -2.14. The summed E-state index contributed by atoms with van der Waals surface area (Å²) >= 11 is 6.08. The smallest absolute Gasteiger partial charge is 0.326 e. The zero-order valence-corrected chi connectivity index (χ0v) is 14.5. The minimum Gasteiger partial charge on any atom is -0.480 e. The molecular formula is C18H20ClN3O2. The minimum absolute atomic E-state index is 0.529. The summed E-state index contributed by atoms with van der Waals surface area (Å²) in [7, 11) is 0. The predicted molar refractivity (Wildman–Crippen MR) is 94.6 cm³/mol. The number of carboxylic acids is 1. The fourth-order valence-corrected chi connectivity index (χ4v) is 3.28. The second-order valence-electron chi connectivity index (χ2n) is 6.13. The summed E-state index contributed by atoms with van der Waals surface area (Å²) in [5.74, 6) is 0.490. The van der Waals surface area contributed by atoms with Crippen molar-refractivity contribution in [1.82, 2.24) is 9.97 Å². The lowest BCUT2D eigenvalue weighted by Gasteiger charge is -2.35. The van der Waals surface area contributed by atoms with E-state index in [2.05, 4.69) is 4.98 Å². The highest BCUT2D eigenvalue weighted by Gasteiger charge is 2.31. The molecule has 0 bridgehead atoms. The van der Waals surface area contributed by atoms with Crippen molar-refractivity contribution in [1.29, 1.82) is 0 Å². The van der Waals surface area contributed by atoms with Crippen LogP contribution in [-0.4, -0.2) is 33.6 Å². The molecule has 3 rings (SSSR count). The van der Waals surface area contributed by atoms with E-state index < -0.39 is 12.0 Å². The molecule has 1 aromatic heterocycles. The number of aromatic nitrogens is 2. The second kappa shape index (κ2) is 6.77. The Morgan fingerprint density at radius 2 is 2.08 bits per heavy atom. The van der Waals surface area contributed by atoms with Crippen molar-refractivity contribution >= 4 is 23.4 Å². The van der Waals surface area contributed by atoms with Gasteiger partial charge in [0.15, 0.2) is 5.82 Å². The van der Waals surface area contributed by atoms with Gasteiger partial charge in [0.2, 0.25) is 0 Å². The monoisotopic (exact) mass is 345 g/mol. The van der Waals surface area contributed by atoms with E-state index in [4.69, 9.17) is 16.6 Å². The Balaban J connectivity index is 2.09. The number of hydrogen-bond donors (Lipinski definition) is 1.